The number of nitrogens with zero attached hydrogens (tertiary/aromatic N) is 2. The molecule has 0 aliphatic carbocycles. The molecule has 0 spiro atoms. The number of pyridine rings is 1. The largest absolute Gasteiger partial charge is 0.396 e. The molecule has 98 valence electrons. The highest BCUT2D eigenvalue weighted by atomic mass is 16.2. The van der Waals surface area contributed by atoms with E-state index < -0.39 is 0 Å². The van der Waals surface area contributed by atoms with Crippen LogP contribution >= 0.6 is 0 Å². The number of nitrogens with one attached hydrogen (secondary N) is 1. The molecule has 0 fully saturated rings. The molecule has 1 atom stereocenters. The summed E-state index contributed by atoms with van der Waals surface area (Å²) in [5.41, 5.74) is 2.26. The topological polar surface area (TPSA) is 68.9 Å². The van der Waals surface area contributed by atoms with Crippen molar-refractivity contribution in [2.45, 2.75) is 25.8 Å². The Labute approximate surface area is 112 Å². The Morgan fingerprint density at radius 2 is 2.21 bits per heavy atom. The van der Waals surface area contributed by atoms with Gasteiger partial charge in [0.15, 0.2) is 0 Å². The van der Waals surface area contributed by atoms with E-state index in [0.717, 1.165) is 29.4 Å². The number of fused-ring (bicyclic) bond motifs is 1. The molecule has 0 amide bonds. The first kappa shape index (κ1) is 13.3. The molecule has 0 radical (unpaired) electrons. The van der Waals surface area contributed by atoms with Crippen LogP contribution in [0.3, 0.4) is 0 Å². The molecule has 1 aromatic carbocycles. The minimum Gasteiger partial charge on any atom is -0.396 e. The number of benzene rings is 1. The van der Waals surface area contributed by atoms with Crippen LogP contribution in [0.15, 0.2) is 30.5 Å². The zero-order valence-corrected chi connectivity index (χ0v) is 10.9. The summed E-state index contributed by atoms with van der Waals surface area (Å²) >= 11 is 0. The third kappa shape index (κ3) is 3.01. The standard InChI is InChI=1S/C15H17N3O/c1-11(5-4-8-19)18-15-12(9-16)10-17-14-7-3-2-6-13(14)15/h2-3,6-7,10-11,19H,4-5,8H2,1H3,(H,17,18). The molecule has 1 aromatic heterocycles. The number of para-hydroxylation sites is 1. The predicted octanol–water partition coefficient (Wildman–Crippen LogP) is 2.68. The Morgan fingerprint density at radius 3 is 2.95 bits per heavy atom. The molecule has 1 heterocycles. The third-order valence-electron chi connectivity index (χ3n) is 3.08. The van der Waals surface area contributed by atoms with Gasteiger partial charge in [-0.05, 0) is 25.8 Å². The van der Waals surface area contributed by atoms with E-state index in [4.69, 9.17) is 5.11 Å². The van der Waals surface area contributed by atoms with Gasteiger partial charge in [0.2, 0.25) is 0 Å². The third-order valence-corrected chi connectivity index (χ3v) is 3.08. The van der Waals surface area contributed by atoms with Crippen molar-refractivity contribution in [2.75, 3.05) is 11.9 Å². The summed E-state index contributed by atoms with van der Waals surface area (Å²) in [5, 5.41) is 22.4. The van der Waals surface area contributed by atoms with E-state index in [-0.39, 0.29) is 12.6 Å². The highest BCUT2D eigenvalue weighted by molar-refractivity contribution is 5.93. The molecular formula is C15H17N3O. The lowest BCUT2D eigenvalue weighted by Crippen LogP contribution is -2.16. The number of aromatic nitrogens is 1. The second-order valence-electron chi connectivity index (χ2n) is 4.59. The number of aliphatic hydroxyl groups is 1. The average molecular weight is 255 g/mol. The van der Waals surface area contributed by atoms with Crippen LogP contribution in [0.4, 0.5) is 5.69 Å². The van der Waals surface area contributed by atoms with Crippen LogP contribution in [0.5, 0.6) is 0 Å². The van der Waals surface area contributed by atoms with Crippen molar-refractivity contribution in [3.8, 4) is 6.07 Å². The van der Waals surface area contributed by atoms with Crippen LogP contribution in [0, 0.1) is 11.3 Å². The smallest absolute Gasteiger partial charge is 0.103 e. The molecule has 0 aliphatic rings. The van der Waals surface area contributed by atoms with Crippen LogP contribution < -0.4 is 5.32 Å². The predicted molar refractivity (Wildman–Crippen MR) is 75.9 cm³/mol. The number of nitriles is 1. The van der Waals surface area contributed by atoms with Crippen LogP contribution in [-0.2, 0) is 0 Å². The van der Waals surface area contributed by atoms with Gasteiger partial charge in [0, 0.05) is 24.2 Å². The lowest BCUT2D eigenvalue weighted by molar-refractivity contribution is 0.282. The summed E-state index contributed by atoms with van der Waals surface area (Å²) in [4.78, 5) is 4.28. The van der Waals surface area contributed by atoms with Gasteiger partial charge in [0.25, 0.3) is 0 Å². The summed E-state index contributed by atoms with van der Waals surface area (Å²) in [6.07, 6.45) is 3.21. The first-order valence-electron chi connectivity index (χ1n) is 6.41. The molecule has 0 saturated heterocycles. The van der Waals surface area contributed by atoms with E-state index in [0.29, 0.717) is 5.56 Å². The number of aliphatic hydroxyl groups excluding tert-OH is 1. The monoisotopic (exact) mass is 255 g/mol. The summed E-state index contributed by atoms with van der Waals surface area (Å²) in [6, 6.07) is 10.1. The maximum absolute atomic E-state index is 9.20. The molecule has 0 bridgehead atoms. The number of hydrogen-bond acceptors (Lipinski definition) is 4. The fourth-order valence-electron chi connectivity index (χ4n) is 2.10. The molecule has 1 unspecified atom stereocenters. The van der Waals surface area contributed by atoms with Crippen molar-refractivity contribution >= 4 is 16.6 Å². The molecule has 4 nitrogen and oxygen atoms in total. The van der Waals surface area contributed by atoms with Gasteiger partial charge in [-0.1, -0.05) is 18.2 Å². The van der Waals surface area contributed by atoms with Gasteiger partial charge in [-0.15, -0.1) is 0 Å². The summed E-state index contributed by atoms with van der Waals surface area (Å²) in [7, 11) is 0. The second-order valence-corrected chi connectivity index (χ2v) is 4.59. The van der Waals surface area contributed by atoms with Gasteiger partial charge in [-0.25, -0.2) is 0 Å². The van der Waals surface area contributed by atoms with Crippen LogP contribution in [0.25, 0.3) is 10.9 Å². The van der Waals surface area contributed by atoms with Crippen LogP contribution in [0.1, 0.15) is 25.3 Å². The van der Waals surface area contributed by atoms with Crippen molar-refractivity contribution in [3.63, 3.8) is 0 Å². The lowest BCUT2D eigenvalue weighted by Gasteiger charge is -2.17. The van der Waals surface area contributed by atoms with Crippen molar-refractivity contribution in [3.05, 3.63) is 36.0 Å². The number of hydrogen-bond donors (Lipinski definition) is 2. The van der Waals surface area contributed by atoms with Gasteiger partial charge in [-0.2, -0.15) is 5.26 Å². The van der Waals surface area contributed by atoms with Gasteiger partial charge in [0.1, 0.15) is 6.07 Å². The molecule has 0 aliphatic heterocycles. The minimum atomic E-state index is 0.189. The molecular weight excluding hydrogens is 238 g/mol. The Morgan fingerprint density at radius 1 is 1.42 bits per heavy atom. The molecule has 2 aromatic rings. The zero-order chi connectivity index (χ0) is 13.7. The van der Waals surface area contributed by atoms with E-state index in [2.05, 4.69) is 16.4 Å². The SMILES string of the molecule is CC(CCCO)Nc1c(C#N)cnc2ccccc12. The van der Waals surface area contributed by atoms with E-state index in [1.54, 1.807) is 6.20 Å². The van der Waals surface area contributed by atoms with Crippen LogP contribution in [0.2, 0.25) is 0 Å². The molecule has 19 heavy (non-hydrogen) atoms. The van der Waals surface area contributed by atoms with E-state index >= 15 is 0 Å². The number of rotatable bonds is 5. The fourth-order valence-corrected chi connectivity index (χ4v) is 2.10. The van der Waals surface area contributed by atoms with Crippen molar-refractivity contribution in [2.24, 2.45) is 0 Å². The van der Waals surface area contributed by atoms with Crippen LogP contribution in [-0.4, -0.2) is 22.7 Å². The van der Waals surface area contributed by atoms with Crippen molar-refractivity contribution < 1.29 is 5.11 Å². The number of anilines is 1. The summed E-state index contributed by atoms with van der Waals surface area (Å²) in [6.45, 7) is 2.24. The maximum Gasteiger partial charge on any atom is 0.103 e. The second kappa shape index (κ2) is 6.17. The maximum atomic E-state index is 9.20. The highest BCUT2D eigenvalue weighted by Crippen LogP contribution is 2.26. The minimum absolute atomic E-state index is 0.189. The van der Waals surface area contributed by atoms with Gasteiger partial charge >= 0.3 is 0 Å². The Bertz CT molecular complexity index is 604. The van der Waals surface area contributed by atoms with E-state index in [1.165, 1.54) is 0 Å². The van der Waals surface area contributed by atoms with Crippen molar-refractivity contribution in [1.29, 1.82) is 5.26 Å². The van der Waals surface area contributed by atoms with Gasteiger partial charge in [-0.3, -0.25) is 4.98 Å². The summed E-state index contributed by atoms with van der Waals surface area (Å²) in [5.74, 6) is 0. The van der Waals surface area contributed by atoms with Gasteiger partial charge < -0.3 is 10.4 Å². The van der Waals surface area contributed by atoms with E-state index in [1.807, 2.05) is 31.2 Å². The van der Waals surface area contributed by atoms with Crippen molar-refractivity contribution in [1.82, 2.24) is 4.98 Å². The average Bonchev–Trinajstić information content (AvgIpc) is 2.45. The summed E-state index contributed by atoms with van der Waals surface area (Å²) < 4.78 is 0. The Kier molecular flexibility index (Phi) is 4.32. The molecule has 2 N–H and O–H groups in total. The first-order valence-corrected chi connectivity index (χ1v) is 6.41. The zero-order valence-electron chi connectivity index (χ0n) is 10.9. The molecule has 4 heteroatoms. The normalized spacial score (nSPS) is 12.1. The quantitative estimate of drug-likeness (QED) is 0.861. The van der Waals surface area contributed by atoms with Gasteiger partial charge in [0.05, 0.1) is 16.8 Å². The fraction of sp³-hybridized carbons (Fsp3) is 0.333. The van der Waals surface area contributed by atoms with E-state index in [9.17, 15) is 5.26 Å². The highest BCUT2D eigenvalue weighted by Gasteiger charge is 2.10. The lowest BCUT2D eigenvalue weighted by atomic mass is 10.1. The first-order chi connectivity index (χ1) is 9.26. The molecule has 2 rings (SSSR count). The Hall–Kier alpha value is -2.12. The Balaban J connectivity index is 2.37. The molecule has 0 saturated carbocycles.